The van der Waals surface area contributed by atoms with Crippen molar-refractivity contribution in [2.45, 2.75) is 148 Å². The Bertz CT molecular complexity index is 1310. The Balaban J connectivity index is 4.57. The zero-order valence-electron chi connectivity index (χ0n) is 36.9. The van der Waals surface area contributed by atoms with Crippen LogP contribution >= 0.6 is 0 Å². The van der Waals surface area contributed by atoms with Gasteiger partial charge >= 0.3 is 17.9 Å². The maximum atomic E-state index is 12.7. The lowest BCUT2D eigenvalue weighted by atomic mass is 10.1. The molecule has 326 valence electrons. The Morgan fingerprint density at radius 1 is 0.534 bits per heavy atom. The number of esters is 2. The molecule has 8 nitrogen and oxygen atoms in total. The number of rotatable bonds is 37. The van der Waals surface area contributed by atoms with E-state index in [2.05, 4.69) is 123 Å². The van der Waals surface area contributed by atoms with Gasteiger partial charge in [-0.3, -0.25) is 9.59 Å². The number of likely N-dealkylation sites (N-methyl/N-ethyl adjacent to an activating group) is 1. The van der Waals surface area contributed by atoms with Crippen molar-refractivity contribution in [2.75, 3.05) is 41.0 Å². The van der Waals surface area contributed by atoms with Gasteiger partial charge in [-0.15, -0.1) is 0 Å². The molecule has 0 heterocycles. The summed E-state index contributed by atoms with van der Waals surface area (Å²) in [7, 11) is 5.47. The van der Waals surface area contributed by atoms with Gasteiger partial charge in [0.25, 0.3) is 0 Å². The van der Waals surface area contributed by atoms with Crippen molar-refractivity contribution in [1.82, 2.24) is 0 Å². The second-order valence-corrected chi connectivity index (χ2v) is 15.2. The van der Waals surface area contributed by atoms with E-state index in [1.807, 2.05) is 21.1 Å². The molecule has 8 heteroatoms. The minimum Gasteiger partial charge on any atom is -0.477 e. The molecule has 0 aliphatic rings. The second-order valence-electron chi connectivity index (χ2n) is 15.2. The van der Waals surface area contributed by atoms with Gasteiger partial charge in [0, 0.05) is 19.3 Å². The highest BCUT2D eigenvalue weighted by molar-refractivity contribution is 5.72. The van der Waals surface area contributed by atoms with Crippen molar-refractivity contribution in [3.8, 4) is 0 Å². The van der Waals surface area contributed by atoms with Gasteiger partial charge in [0.15, 0.2) is 12.1 Å². The fourth-order valence-electron chi connectivity index (χ4n) is 5.53. The van der Waals surface area contributed by atoms with E-state index >= 15 is 0 Å². The lowest BCUT2D eigenvalue weighted by Crippen LogP contribution is -2.50. The van der Waals surface area contributed by atoms with Crippen molar-refractivity contribution in [1.29, 1.82) is 0 Å². The first-order chi connectivity index (χ1) is 28.1. The molecule has 0 bridgehead atoms. The number of carboxylic acids is 1. The van der Waals surface area contributed by atoms with E-state index < -0.39 is 18.1 Å². The lowest BCUT2D eigenvalue weighted by molar-refractivity contribution is -0.887. The number of unbranched alkanes of at least 4 members (excludes halogenated alkanes) is 5. The number of carboxylic acid groups (broad SMARTS) is 1. The summed E-state index contributed by atoms with van der Waals surface area (Å²) in [5.74, 6) is -1.63. The highest BCUT2D eigenvalue weighted by Crippen LogP contribution is 2.10. The summed E-state index contributed by atoms with van der Waals surface area (Å²) >= 11 is 0. The van der Waals surface area contributed by atoms with Crippen LogP contribution in [0.4, 0.5) is 0 Å². The molecule has 0 aliphatic heterocycles. The summed E-state index contributed by atoms with van der Waals surface area (Å²) in [6.45, 7) is 4.44. The van der Waals surface area contributed by atoms with Crippen LogP contribution in [0, 0.1) is 0 Å². The van der Waals surface area contributed by atoms with Crippen LogP contribution in [0.2, 0.25) is 0 Å². The van der Waals surface area contributed by atoms with Crippen LogP contribution in [0.25, 0.3) is 0 Å². The summed E-state index contributed by atoms with van der Waals surface area (Å²) < 4.78 is 17.1. The summed E-state index contributed by atoms with van der Waals surface area (Å²) in [5.41, 5.74) is 0. The zero-order chi connectivity index (χ0) is 42.8. The first kappa shape index (κ1) is 54.0. The van der Waals surface area contributed by atoms with Crippen molar-refractivity contribution in [2.24, 2.45) is 0 Å². The van der Waals surface area contributed by atoms with Gasteiger partial charge in [0.05, 0.1) is 34.4 Å². The Kier molecular flexibility index (Phi) is 37.0. The molecule has 0 saturated carbocycles. The average Bonchev–Trinajstić information content (AvgIpc) is 3.18. The van der Waals surface area contributed by atoms with E-state index in [-0.39, 0.29) is 49.1 Å². The quantitative estimate of drug-likeness (QED) is 0.0289. The number of carbonyl (C=O) groups excluding carboxylic acids is 2. The molecule has 0 saturated heterocycles. The minimum absolute atomic E-state index is 0.0134. The van der Waals surface area contributed by atoms with Crippen LogP contribution in [-0.4, -0.2) is 80.6 Å². The SMILES string of the molecule is CC/C=C/C/C=C/C/C=C/C/C=C/C/C=C/CCCC(=O)OC(COCCC(C(=O)O)[N+](C)(C)C)COC(=O)CCC/C=C/C/C=C/C/C=C/C/C=C/CCCCC. The molecule has 2 atom stereocenters. The molecule has 2 unspecified atom stereocenters. The molecule has 58 heavy (non-hydrogen) atoms. The third kappa shape index (κ3) is 37.6. The van der Waals surface area contributed by atoms with E-state index in [9.17, 15) is 19.5 Å². The number of carbonyl (C=O) groups is 3. The van der Waals surface area contributed by atoms with Crippen LogP contribution in [0.15, 0.2) is 109 Å². The number of ether oxygens (including phenoxy) is 3. The highest BCUT2D eigenvalue weighted by atomic mass is 16.6. The van der Waals surface area contributed by atoms with E-state index in [1.54, 1.807) is 0 Å². The third-order valence-corrected chi connectivity index (χ3v) is 8.91. The fraction of sp³-hybridized carbons (Fsp3) is 0.580. The van der Waals surface area contributed by atoms with Gasteiger partial charge in [0.1, 0.15) is 6.61 Å². The van der Waals surface area contributed by atoms with E-state index in [1.165, 1.54) is 25.7 Å². The number of aliphatic carboxylic acids is 1. The molecular formula is C50H80NO7+. The Morgan fingerprint density at radius 3 is 1.36 bits per heavy atom. The molecule has 0 aliphatic carbocycles. The summed E-state index contributed by atoms with van der Waals surface area (Å²) in [5, 5.41) is 9.62. The van der Waals surface area contributed by atoms with Crippen molar-refractivity contribution in [3.05, 3.63) is 109 Å². The molecule has 1 N–H and O–H groups in total. The normalized spacial score (nSPS) is 14.0. The zero-order valence-corrected chi connectivity index (χ0v) is 36.9. The van der Waals surface area contributed by atoms with E-state index in [4.69, 9.17) is 14.2 Å². The average molecular weight is 807 g/mol. The molecule has 0 aromatic carbocycles. The van der Waals surface area contributed by atoms with Gasteiger partial charge in [0.2, 0.25) is 0 Å². The van der Waals surface area contributed by atoms with Crippen molar-refractivity contribution in [3.63, 3.8) is 0 Å². The van der Waals surface area contributed by atoms with Gasteiger partial charge in [-0.1, -0.05) is 136 Å². The Labute approximate surface area is 353 Å². The van der Waals surface area contributed by atoms with E-state index in [0.717, 1.165) is 64.2 Å². The summed E-state index contributed by atoms with van der Waals surface area (Å²) in [4.78, 5) is 36.9. The maximum absolute atomic E-state index is 12.7. The second kappa shape index (κ2) is 39.8. The molecule has 0 spiro atoms. The number of quaternary nitrogens is 1. The van der Waals surface area contributed by atoms with Crippen LogP contribution < -0.4 is 0 Å². The van der Waals surface area contributed by atoms with Crippen LogP contribution in [0.3, 0.4) is 0 Å². The van der Waals surface area contributed by atoms with Crippen LogP contribution in [0.1, 0.15) is 136 Å². The maximum Gasteiger partial charge on any atom is 0.362 e. The van der Waals surface area contributed by atoms with E-state index in [0.29, 0.717) is 19.3 Å². The number of hydrogen-bond donors (Lipinski definition) is 1. The van der Waals surface area contributed by atoms with Crippen LogP contribution in [0.5, 0.6) is 0 Å². The first-order valence-corrected chi connectivity index (χ1v) is 21.9. The van der Waals surface area contributed by atoms with Gasteiger partial charge in [-0.2, -0.15) is 0 Å². The van der Waals surface area contributed by atoms with Crippen molar-refractivity contribution >= 4 is 17.9 Å². The minimum atomic E-state index is -0.897. The molecule has 0 aromatic heterocycles. The fourth-order valence-corrected chi connectivity index (χ4v) is 5.53. The molecule has 0 amide bonds. The van der Waals surface area contributed by atoms with Gasteiger partial charge < -0.3 is 23.8 Å². The topological polar surface area (TPSA) is 99.1 Å². The Hall–Kier alpha value is -4.01. The number of hydrogen-bond acceptors (Lipinski definition) is 6. The molecule has 0 rings (SSSR count). The van der Waals surface area contributed by atoms with Crippen molar-refractivity contribution < 1.29 is 38.2 Å². The predicted octanol–water partition coefficient (Wildman–Crippen LogP) is 12.1. The monoisotopic (exact) mass is 807 g/mol. The Morgan fingerprint density at radius 2 is 0.948 bits per heavy atom. The number of allylic oxidation sites excluding steroid dienone is 18. The largest absolute Gasteiger partial charge is 0.477 e. The predicted molar refractivity (Wildman–Crippen MR) is 242 cm³/mol. The van der Waals surface area contributed by atoms with Crippen LogP contribution in [-0.2, 0) is 28.6 Å². The highest BCUT2D eigenvalue weighted by Gasteiger charge is 2.31. The summed E-state index contributed by atoms with van der Waals surface area (Å²) in [6, 6.07) is -0.639. The smallest absolute Gasteiger partial charge is 0.362 e. The molecule has 0 aromatic rings. The number of nitrogens with zero attached hydrogens (tertiary/aromatic N) is 1. The third-order valence-electron chi connectivity index (χ3n) is 8.91. The lowest BCUT2D eigenvalue weighted by Gasteiger charge is -2.31. The van der Waals surface area contributed by atoms with Gasteiger partial charge in [-0.25, -0.2) is 4.79 Å². The standard InChI is InChI=1S/C50H79NO7/c1-6-8-10-12-14-16-18-20-22-24-26-28-30-32-34-36-38-40-48(52)57-45-46(44-56-43-42-47(50(54)55)51(3,4)5)58-49(53)41-39-37-35-33-31-29-27-25-23-21-19-17-15-13-11-9-7-2/h9,11,14-17,20-23,26-29,32-35,46-47H,6-8,10,12-13,18-19,24-25,30-31,36-45H2,1-5H3/p+1/b11-9+,16-14+,17-15+,22-20+,23-21+,28-26+,29-27+,34-32+,35-33+. The molecule has 0 fully saturated rings. The molecule has 0 radical (unpaired) electrons. The summed E-state index contributed by atoms with van der Waals surface area (Å²) in [6.07, 6.45) is 54.3. The molecular weight excluding hydrogens is 727 g/mol. The van der Waals surface area contributed by atoms with Gasteiger partial charge in [-0.05, 0) is 89.9 Å². The first-order valence-electron chi connectivity index (χ1n) is 21.9.